The fourth-order valence-corrected chi connectivity index (χ4v) is 3.87. The molecule has 150 valence electrons. The maximum Gasteiger partial charge on any atom is 0.193 e. The number of nitrogens with zero attached hydrogens (tertiary/aromatic N) is 2. The highest BCUT2D eigenvalue weighted by molar-refractivity contribution is 14.0. The molecule has 0 radical (unpaired) electrons. The first-order valence-electron chi connectivity index (χ1n) is 9.08. The Labute approximate surface area is 183 Å². The number of halogens is 2. The lowest BCUT2D eigenvalue weighted by atomic mass is 10.0. The molecule has 1 fully saturated rings. The number of hydrogen-bond donors (Lipinski definition) is 1. The molecule has 1 aliphatic heterocycles. The summed E-state index contributed by atoms with van der Waals surface area (Å²) in [6.07, 6.45) is 3.19. The van der Waals surface area contributed by atoms with Crippen molar-refractivity contribution in [1.29, 1.82) is 0 Å². The van der Waals surface area contributed by atoms with Gasteiger partial charge in [-0.25, -0.2) is 0 Å². The highest BCUT2D eigenvalue weighted by atomic mass is 127. The SMILES string of the molecule is CCNC(=NCCCOCC1CCOCC1)N(C)Cc1ccc(Cl)s1.I. The molecule has 1 aromatic heterocycles. The Morgan fingerprint density at radius 2 is 2.19 bits per heavy atom. The third-order valence-corrected chi connectivity index (χ3v) is 5.34. The van der Waals surface area contributed by atoms with Crippen molar-refractivity contribution >= 4 is 52.9 Å². The molecule has 0 aliphatic carbocycles. The molecular formula is C18H31ClIN3O2S. The van der Waals surface area contributed by atoms with Crippen LogP contribution in [0, 0.1) is 5.92 Å². The number of nitrogens with one attached hydrogen (secondary N) is 1. The Morgan fingerprint density at radius 3 is 2.85 bits per heavy atom. The van der Waals surface area contributed by atoms with Crippen molar-refractivity contribution in [3.8, 4) is 0 Å². The van der Waals surface area contributed by atoms with Gasteiger partial charge < -0.3 is 19.7 Å². The zero-order valence-corrected chi connectivity index (χ0v) is 19.6. The largest absolute Gasteiger partial charge is 0.381 e. The van der Waals surface area contributed by atoms with Crippen molar-refractivity contribution in [3.63, 3.8) is 0 Å². The second kappa shape index (κ2) is 14.0. The average molecular weight is 516 g/mol. The molecule has 1 aromatic rings. The van der Waals surface area contributed by atoms with Crippen molar-refractivity contribution in [2.45, 2.75) is 32.7 Å². The molecule has 0 aromatic carbocycles. The average Bonchev–Trinajstić information content (AvgIpc) is 3.02. The van der Waals surface area contributed by atoms with Crippen molar-refractivity contribution < 1.29 is 9.47 Å². The molecule has 2 rings (SSSR count). The van der Waals surface area contributed by atoms with Crippen LogP contribution in [0.2, 0.25) is 4.34 Å². The lowest BCUT2D eigenvalue weighted by molar-refractivity contribution is 0.0205. The molecule has 2 heterocycles. The number of aliphatic imine (C=N–C) groups is 1. The normalized spacial score (nSPS) is 15.6. The van der Waals surface area contributed by atoms with Gasteiger partial charge in [0, 0.05) is 51.4 Å². The minimum absolute atomic E-state index is 0. The molecule has 0 unspecified atom stereocenters. The van der Waals surface area contributed by atoms with E-state index in [2.05, 4.69) is 30.3 Å². The van der Waals surface area contributed by atoms with Gasteiger partial charge in [-0.3, -0.25) is 4.99 Å². The summed E-state index contributed by atoms with van der Waals surface area (Å²) in [7, 11) is 2.05. The van der Waals surface area contributed by atoms with Gasteiger partial charge in [0.25, 0.3) is 0 Å². The molecule has 1 N–H and O–H groups in total. The Bertz CT molecular complexity index is 524. The third kappa shape index (κ3) is 9.21. The smallest absolute Gasteiger partial charge is 0.193 e. The number of ether oxygens (including phenoxy) is 2. The van der Waals surface area contributed by atoms with Crippen LogP contribution < -0.4 is 5.32 Å². The van der Waals surface area contributed by atoms with Crippen LogP contribution in [0.5, 0.6) is 0 Å². The van der Waals surface area contributed by atoms with Crippen LogP contribution in [0.3, 0.4) is 0 Å². The van der Waals surface area contributed by atoms with Gasteiger partial charge in [-0.05, 0) is 44.2 Å². The maximum atomic E-state index is 6.01. The second-order valence-corrected chi connectivity index (χ2v) is 8.08. The summed E-state index contributed by atoms with van der Waals surface area (Å²) in [6, 6.07) is 4.01. The Kier molecular flexibility index (Phi) is 12.9. The molecular weight excluding hydrogens is 485 g/mol. The molecule has 1 aliphatic rings. The molecule has 0 amide bonds. The van der Waals surface area contributed by atoms with E-state index in [0.29, 0.717) is 5.92 Å². The van der Waals surface area contributed by atoms with Crippen molar-refractivity contribution in [2.24, 2.45) is 10.9 Å². The molecule has 26 heavy (non-hydrogen) atoms. The van der Waals surface area contributed by atoms with Crippen LogP contribution in [-0.4, -0.2) is 57.4 Å². The van der Waals surface area contributed by atoms with Crippen LogP contribution in [0.4, 0.5) is 0 Å². The van der Waals surface area contributed by atoms with Crippen LogP contribution in [0.1, 0.15) is 31.1 Å². The number of guanidine groups is 1. The lowest BCUT2D eigenvalue weighted by Crippen LogP contribution is -2.38. The number of hydrogen-bond acceptors (Lipinski definition) is 4. The topological polar surface area (TPSA) is 46.1 Å². The first-order valence-corrected chi connectivity index (χ1v) is 10.3. The predicted octanol–water partition coefficient (Wildman–Crippen LogP) is 4.25. The van der Waals surface area contributed by atoms with Crippen LogP contribution >= 0.6 is 46.9 Å². The Balaban J connectivity index is 0.00000338. The van der Waals surface area contributed by atoms with Gasteiger partial charge >= 0.3 is 0 Å². The highest BCUT2D eigenvalue weighted by Gasteiger charge is 2.13. The van der Waals surface area contributed by atoms with Gasteiger partial charge in [0.05, 0.1) is 10.9 Å². The van der Waals surface area contributed by atoms with Crippen molar-refractivity contribution in [1.82, 2.24) is 10.2 Å². The van der Waals surface area contributed by atoms with E-state index in [9.17, 15) is 0 Å². The van der Waals surface area contributed by atoms with Crippen LogP contribution in [0.15, 0.2) is 17.1 Å². The van der Waals surface area contributed by atoms with Crippen LogP contribution in [0.25, 0.3) is 0 Å². The van der Waals surface area contributed by atoms with Gasteiger partial charge in [0.15, 0.2) is 5.96 Å². The van der Waals surface area contributed by atoms with Gasteiger partial charge in [-0.2, -0.15) is 0 Å². The van der Waals surface area contributed by atoms with E-state index in [1.807, 2.05) is 6.07 Å². The maximum absolute atomic E-state index is 6.01. The summed E-state index contributed by atoms with van der Waals surface area (Å²) in [5.41, 5.74) is 0. The van der Waals surface area contributed by atoms with E-state index in [-0.39, 0.29) is 24.0 Å². The monoisotopic (exact) mass is 515 g/mol. The number of thiophene rings is 1. The first kappa shape index (κ1) is 23.9. The van der Waals surface area contributed by atoms with Crippen LogP contribution in [-0.2, 0) is 16.0 Å². The molecule has 0 spiro atoms. The summed E-state index contributed by atoms with van der Waals surface area (Å²) in [6.45, 7) is 7.90. The Morgan fingerprint density at radius 1 is 1.42 bits per heavy atom. The fraction of sp³-hybridized carbons (Fsp3) is 0.722. The van der Waals surface area contributed by atoms with E-state index < -0.39 is 0 Å². The first-order chi connectivity index (χ1) is 12.2. The summed E-state index contributed by atoms with van der Waals surface area (Å²) in [4.78, 5) is 8.07. The van der Waals surface area contributed by atoms with Crippen molar-refractivity contribution in [3.05, 3.63) is 21.3 Å². The summed E-state index contributed by atoms with van der Waals surface area (Å²) < 4.78 is 12.0. The minimum Gasteiger partial charge on any atom is -0.381 e. The molecule has 0 saturated carbocycles. The molecule has 0 atom stereocenters. The second-order valence-electron chi connectivity index (χ2n) is 6.28. The van der Waals surface area contributed by atoms with Crippen molar-refractivity contribution in [2.75, 3.05) is 46.6 Å². The van der Waals surface area contributed by atoms with Gasteiger partial charge in [0.1, 0.15) is 0 Å². The zero-order chi connectivity index (χ0) is 17.9. The fourth-order valence-electron chi connectivity index (χ4n) is 2.73. The van der Waals surface area contributed by atoms with Gasteiger partial charge in [-0.1, -0.05) is 11.6 Å². The highest BCUT2D eigenvalue weighted by Crippen LogP contribution is 2.22. The minimum atomic E-state index is 0. The zero-order valence-electron chi connectivity index (χ0n) is 15.7. The molecule has 5 nitrogen and oxygen atoms in total. The third-order valence-electron chi connectivity index (χ3n) is 4.12. The van der Waals surface area contributed by atoms with E-state index >= 15 is 0 Å². The van der Waals surface area contributed by atoms with E-state index in [4.69, 9.17) is 26.1 Å². The van der Waals surface area contributed by atoms with E-state index in [0.717, 1.165) is 75.6 Å². The summed E-state index contributed by atoms with van der Waals surface area (Å²) >= 11 is 7.62. The Hall–Kier alpha value is -0.0900. The van der Waals surface area contributed by atoms with Gasteiger partial charge in [-0.15, -0.1) is 35.3 Å². The lowest BCUT2D eigenvalue weighted by Gasteiger charge is -2.22. The molecule has 1 saturated heterocycles. The molecule has 0 bridgehead atoms. The summed E-state index contributed by atoms with van der Waals surface area (Å²) in [5.74, 6) is 1.59. The van der Waals surface area contributed by atoms with E-state index in [1.165, 1.54) is 4.88 Å². The standard InChI is InChI=1S/C18H30ClN3O2S.HI/c1-3-20-18(22(2)13-16-5-6-17(19)25-16)21-9-4-10-24-14-15-7-11-23-12-8-15;/h5-6,15H,3-4,7-14H2,1-2H3,(H,20,21);1H. The number of rotatable bonds is 9. The van der Waals surface area contributed by atoms with E-state index in [1.54, 1.807) is 11.3 Å². The van der Waals surface area contributed by atoms with Gasteiger partial charge in [0.2, 0.25) is 0 Å². The quantitative estimate of drug-likeness (QED) is 0.231. The molecule has 8 heteroatoms. The predicted molar refractivity (Wildman–Crippen MR) is 121 cm³/mol. The summed E-state index contributed by atoms with van der Waals surface area (Å²) in [5, 5.41) is 3.34.